The van der Waals surface area contributed by atoms with E-state index in [4.69, 9.17) is 17.3 Å². The lowest BCUT2D eigenvalue weighted by atomic mass is 9.94. The smallest absolute Gasteiger partial charge is 0.386 e. The summed E-state index contributed by atoms with van der Waals surface area (Å²) < 4.78 is 66.4. The van der Waals surface area contributed by atoms with Crippen LogP contribution in [0.1, 0.15) is 15.9 Å². The number of phosphoric acid groups is 3. The Bertz CT molecular complexity index is 1260. The number of nitrogens with zero attached hydrogens (tertiary/aromatic N) is 1. The molecule has 0 radical (unpaired) electrons. The maximum Gasteiger partial charge on any atom is 0.490 e. The van der Waals surface area contributed by atoms with Crippen molar-refractivity contribution in [3.05, 3.63) is 33.1 Å². The molecule has 1 aliphatic heterocycles. The minimum absolute atomic E-state index is 0.510. The molecule has 2 rings (SSSR count). The molecule has 0 bridgehead atoms. The summed E-state index contributed by atoms with van der Waals surface area (Å²) in [4.78, 5) is 61.0. The number of ether oxygens (including phenoxy) is 1. The van der Waals surface area contributed by atoms with E-state index >= 15 is 0 Å². The van der Waals surface area contributed by atoms with Gasteiger partial charge < -0.3 is 34.5 Å². The van der Waals surface area contributed by atoms with Crippen LogP contribution in [0.3, 0.4) is 0 Å². The third kappa shape index (κ3) is 6.53. The normalized spacial score (nSPS) is 30.9. The number of aliphatic hydroxyl groups excluding tert-OH is 1. The number of aromatic amines is 1. The van der Waals surface area contributed by atoms with Crippen molar-refractivity contribution in [3.8, 4) is 11.8 Å². The molecule has 180 valence electrons. The minimum Gasteiger partial charge on any atom is -0.386 e. The van der Waals surface area contributed by atoms with Crippen LogP contribution in [0.2, 0.25) is 0 Å². The lowest BCUT2D eigenvalue weighted by molar-refractivity contribution is -0.0762. The third-order valence-electron chi connectivity index (χ3n) is 3.52. The van der Waals surface area contributed by atoms with Gasteiger partial charge in [-0.05, 0) is 6.92 Å². The van der Waals surface area contributed by atoms with Crippen LogP contribution in [-0.4, -0.2) is 63.7 Å². The summed E-state index contributed by atoms with van der Waals surface area (Å²) in [6, 6.07) is 0.810. The molecule has 1 aromatic heterocycles. The molecule has 0 aromatic carbocycles. The number of H-pyrrole nitrogens is 1. The van der Waals surface area contributed by atoms with Gasteiger partial charge in [-0.25, -0.2) is 18.5 Å². The van der Waals surface area contributed by atoms with Gasteiger partial charge in [-0.15, -0.1) is 5.92 Å². The summed E-state index contributed by atoms with van der Waals surface area (Å²) in [5.74, 6) is 4.30. The van der Waals surface area contributed by atoms with Crippen LogP contribution in [0.4, 0.5) is 0 Å². The summed E-state index contributed by atoms with van der Waals surface area (Å²) in [6.45, 7) is -2.48. The Morgan fingerprint density at radius 2 is 1.88 bits per heavy atom. The van der Waals surface area contributed by atoms with E-state index in [1.807, 2.05) is 4.98 Å². The first-order valence-corrected chi connectivity index (χ1v) is 12.4. The summed E-state index contributed by atoms with van der Waals surface area (Å²) in [7, 11) is -17.8. The second-order valence-electron chi connectivity index (χ2n) is 5.87. The van der Waals surface area contributed by atoms with Gasteiger partial charge >= 0.3 is 29.2 Å². The number of rotatable bonds is 8. The van der Waals surface area contributed by atoms with Crippen LogP contribution < -0.4 is 11.2 Å². The number of hydrogen-bond acceptors (Lipinski definition) is 11. The molecular weight excluding hydrogens is 505 g/mol. The molecule has 0 saturated carbocycles. The Kier molecular flexibility index (Phi) is 6.97. The Morgan fingerprint density at radius 1 is 1.25 bits per heavy atom. The minimum atomic E-state index is -6.05. The predicted molar refractivity (Wildman–Crippen MR) is 99.5 cm³/mol. The lowest BCUT2D eigenvalue weighted by Gasteiger charge is -2.26. The van der Waals surface area contributed by atoms with Crippen molar-refractivity contribution in [1.82, 2.24) is 9.55 Å². The second-order valence-corrected chi connectivity index (χ2v) is 10.2. The summed E-state index contributed by atoms with van der Waals surface area (Å²) in [5.41, 5.74) is -4.81. The van der Waals surface area contributed by atoms with E-state index in [9.17, 15) is 43.3 Å². The van der Waals surface area contributed by atoms with Crippen molar-refractivity contribution in [1.29, 1.82) is 0 Å². The molecule has 17 nitrogen and oxygen atoms in total. The fraction of sp³-hybridized carbons (Fsp3) is 0.500. The van der Waals surface area contributed by atoms with Crippen molar-refractivity contribution in [2.24, 2.45) is 0 Å². The Hall–Kier alpha value is -1.47. The zero-order valence-corrected chi connectivity index (χ0v) is 18.2. The van der Waals surface area contributed by atoms with Crippen LogP contribution in [0.5, 0.6) is 0 Å². The molecule has 1 fully saturated rings. The van der Waals surface area contributed by atoms with Crippen molar-refractivity contribution < 1.29 is 64.1 Å². The lowest BCUT2D eigenvalue weighted by Crippen LogP contribution is -2.48. The quantitative estimate of drug-likeness (QED) is 0.142. The van der Waals surface area contributed by atoms with Gasteiger partial charge in [-0.3, -0.25) is 18.9 Å². The molecular formula is C12H17N2O15P3. The number of hydrogen-bond donors (Lipinski definition) is 7. The largest absolute Gasteiger partial charge is 0.490 e. The molecule has 0 amide bonds. The molecule has 0 spiro atoms. The van der Waals surface area contributed by atoms with Crippen LogP contribution >= 0.6 is 23.5 Å². The summed E-state index contributed by atoms with van der Waals surface area (Å²) in [5, 5.41) is 21.3. The van der Waals surface area contributed by atoms with Crippen molar-refractivity contribution in [3.63, 3.8) is 0 Å². The molecule has 1 aliphatic rings. The molecule has 7 N–H and O–H groups in total. The molecule has 3 unspecified atom stereocenters. The van der Waals surface area contributed by atoms with Crippen LogP contribution in [0, 0.1) is 11.8 Å². The van der Waals surface area contributed by atoms with Gasteiger partial charge in [-0.2, -0.15) is 8.62 Å². The van der Waals surface area contributed by atoms with E-state index in [1.165, 1.54) is 6.92 Å². The maximum absolute atomic E-state index is 12.1. The first kappa shape index (κ1) is 23.7. The standard InChI is InChI=1S/C12H17N2O15P3/c1-2-4-12(18)9(16)7(27-10(12)14-5-3-8(15)13-11(14)17)6-26-31(22,23)29-32(24,25)28-30(19,20)21/h3,5,7,9-10,16,18H,6H2,1H3,(H,22,23)(H,24,25)(H,13,15,17)(H2,19,20,21)/t7-,9+,10-,12?/m1/s1/i6D2. The van der Waals surface area contributed by atoms with Crippen LogP contribution in [-0.2, 0) is 31.6 Å². The molecule has 1 saturated heterocycles. The molecule has 0 aliphatic carbocycles. The van der Waals surface area contributed by atoms with Crippen LogP contribution in [0.15, 0.2) is 21.9 Å². The predicted octanol–water partition coefficient (Wildman–Crippen LogP) is -2.11. The molecule has 2 heterocycles. The Morgan fingerprint density at radius 3 is 2.41 bits per heavy atom. The van der Waals surface area contributed by atoms with Gasteiger partial charge in [0.05, 0.1) is 9.30 Å². The van der Waals surface area contributed by atoms with E-state index in [1.54, 1.807) is 0 Å². The van der Waals surface area contributed by atoms with E-state index in [2.05, 4.69) is 25.0 Å². The maximum atomic E-state index is 12.1. The molecule has 32 heavy (non-hydrogen) atoms. The average molecular weight is 524 g/mol. The number of phosphoric ester groups is 1. The van der Waals surface area contributed by atoms with Gasteiger partial charge in [0.25, 0.3) is 5.56 Å². The second kappa shape index (κ2) is 9.41. The topological polar surface area (TPSA) is 264 Å². The van der Waals surface area contributed by atoms with Gasteiger partial charge in [-0.1, -0.05) is 5.92 Å². The number of aliphatic hydroxyl groups is 2. The van der Waals surface area contributed by atoms with Crippen LogP contribution in [0.25, 0.3) is 0 Å². The molecule has 6 atom stereocenters. The monoisotopic (exact) mass is 524 g/mol. The fourth-order valence-corrected chi connectivity index (χ4v) is 5.30. The van der Waals surface area contributed by atoms with E-state index in [0.717, 1.165) is 12.3 Å². The highest BCUT2D eigenvalue weighted by atomic mass is 31.3. The Balaban J connectivity index is 2.41. The SMILES string of the molecule is [2H]C([2H])(OP(=O)(O)OP(=O)(O)OP(=O)(O)O)[C@H]1O[C@@H](n2ccc(=O)[nH]c2=O)C(O)(C#CC)[C@H]1O. The highest BCUT2D eigenvalue weighted by molar-refractivity contribution is 7.66. The van der Waals surface area contributed by atoms with Crippen molar-refractivity contribution in [2.45, 2.75) is 31.0 Å². The highest BCUT2D eigenvalue weighted by Gasteiger charge is 2.56. The van der Waals surface area contributed by atoms with E-state index < -0.39 is 65.3 Å². The van der Waals surface area contributed by atoms with Gasteiger partial charge in [0, 0.05) is 12.3 Å². The van der Waals surface area contributed by atoms with Gasteiger partial charge in [0.2, 0.25) is 0 Å². The van der Waals surface area contributed by atoms with Crippen molar-refractivity contribution >= 4 is 23.5 Å². The Labute approximate surface area is 180 Å². The highest BCUT2D eigenvalue weighted by Crippen LogP contribution is 2.66. The zero-order chi connectivity index (χ0) is 26.3. The van der Waals surface area contributed by atoms with Gasteiger partial charge in [0.15, 0.2) is 11.8 Å². The van der Waals surface area contributed by atoms with Gasteiger partial charge in [0.1, 0.15) is 12.2 Å². The summed E-state index contributed by atoms with van der Waals surface area (Å²) in [6.07, 6.45) is -6.09. The fourth-order valence-electron chi connectivity index (χ4n) is 2.43. The van der Waals surface area contributed by atoms with Crippen molar-refractivity contribution in [2.75, 3.05) is 6.56 Å². The number of aromatic nitrogens is 2. The zero-order valence-electron chi connectivity index (χ0n) is 17.5. The third-order valence-corrected chi connectivity index (χ3v) is 7.18. The first-order valence-electron chi connectivity index (χ1n) is 8.89. The van der Waals surface area contributed by atoms with E-state index in [-0.39, 0.29) is 0 Å². The first-order chi connectivity index (χ1) is 15.2. The van der Waals surface area contributed by atoms with E-state index in [0.29, 0.717) is 4.57 Å². The number of nitrogens with one attached hydrogen (secondary N) is 1. The summed E-state index contributed by atoms with van der Waals surface area (Å²) >= 11 is 0. The average Bonchev–Trinajstić information content (AvgIpc) is 2.83. The molecule has 1 aromatic rings. The molecule has 20 heteroatoms.